The summed E-state index contributed by atoms with van der Waals surface area (Å²) in [6.07, 6.45) is 0.977. The highest BCUT2D eigenvalue weighted by atomic mass is 16.5. The van der Waals surface area contributed by atoms with E-state index >= 15 is 0 Å². The molecule has 0 atom stereocenters. The Hall–Kier alpha value is -3.88. The SMILES string of the molecule is COc1cc2c(cc1OC)CN(C(=O)COC(=O)C1=NN(c3cc(C)ccc3C)C(=O)CC1)CC2. The number of hydrogen-bond donors (Lipinski definition) is 0. The van der Waals surface area contributed by atoms with E-state index in [0.717, 1.165) is 22.3 Å². The lowest BCUT2D eigenvalue weighted by Crippen LogP contribution is -2.40. The minimum absolute atomic E-state index is 0.124. The third-order valence-electron chi connectivity index (χ3n) is 6.26. The van der Waals surface area contributed by atoms with E-state index in [1.54, 1.807) is 19.1 Å². The van der Waals surface area contributed by atoms with Crippen LogP contribution in [0.3, 0.4) is 0 Å². The van der Waals surface area contributed by atoms with Crippen molar-refractivity contribution in [3.63, 3.8) is 0 Å². The number of rotatable bonds is 6. The normalized spacial score (nSPS) is 15.3. The second-order valence-electron chi connectivity index (χ2n) is 8.66. The number of aryl methyl sites for hydroxylation is 2. The van der Waals surface area contributed by atoms with Gasteiger partial charge < -0.3 is 19.1 Å². The van der Waals surface area contributed by atoms with Crippen molar-refractivity contribution in [2.75, 3.05) is 32.4 Å². The summed E-state index contributed by atoms with van der Waals surface area (Å²) in [6.45, 7) is 4.31. The highest BCUT2D eigenvalue weighted by molar-refractivity contribution is 6.38. The Balaban J connectivity index is 1.41. The van der Waals surface area contributed by atoms with Crippen LogP contribution in [0.4, 0.5) is 5.69 Å². The number of carbonyl (C=O) groups excluding carboxylic acids is 3. The molecular weight excluding hydrogens is 450 g/mol. The maximum absolute atomic E-state index is 12.8. The summed E-state index contributed by atoms with van der Waals surface area (Å²) in [6, 6.07) is 9.51. The number of amides is 2. The van der Waals surface area contributed by atoms with Crippen molar-refractivity contribution < 1.29 is 28.6 Å². The molecule has 0 aliphatic carbocycles. The molecule has 0 saturated heterocycles. The van der Waals surface area contributed by atoms with E-state index in [2.05, 4.69) is 5.10 Å². The minimum Gasteiger partial charge on any atom is -0.493 e. The number of hydrazone groups is 1. The molecule has 35 heavy (non-hydrogen) atoms. The zero-order chi connectivity index (χ0) is 25.1. The number of esters is 1. The van der Waals surface area contributed by atoms with Crippen molar-refractivity contribution in [3.05, 3.63) is 52.6 Å². The zero-order valence-corrected chi connectivity index (χ0v) is 20.4. The molecule has 0 radical (unpaired) electrons. The molecule has 0 N–H and O–H groups in total. The summed E-state index contributed by atoms with van der Waals surface area (Å²) in [7, 11) is 3.16. The third kappa shape index (κ3) is 5.13. The molecule has 0 aromatic heterocycles. The van der Waals surface area contributed by atoms with E-state index in [1.165, 1.54) is 5.01 Å². The molecule has 0 spiro atoms. The van der Waals surface area contributed by atoms with Crippen LogP contribution in [-0.4, -0.2) is 55.8 Å². The van der Waals surface area contributed by atoms with E-state index in [0.29, 0.717) is 36.7 Å². The van der Waals surface area contributed by atoms with E-state index in [1.807, 2.05) is 44.2 Å². The topological polar surface area (TPSA) is 97.7 Å². The lowest BCUT2D eigenvalue weighted by molar-refractivity contribution is -0.147. The number of methoxy groups -OCH3 is 2. The average molecular weight is 480 g/mol. The van der Waals surface area contributed by atoms with Gasteiger partial charge in [0.05, 0.1) is 19.9 Å². The Morgan fingerprint density at radius 1 is 0.971 bits per heavy atom. The molecule has 2 aliphatic rings. The van der Waals surface area contributed by atoms with Crippen LogP contribution in [0.15, 0.2) is 35.4 Å². The summed E-state index contributed by atoms with van der Waals surface area (Å²) in [5.41, 5.74) is 4.67. The van der Waals surface area contributed by atoms with Gasteiger partial charge in [-0.3, -0.25) is 9.59 Å². The molecule has 184 valence electrons. The summed E-state index contributed by atoms with van der Waals surface area (Å²) >= 11 is 0. The van der Waals surface area contributed by atoms with Crippen LogP contribution in [0.2, 0.25) is 0 Å². The monoisotopic (exact) mass is 479 g/mol. The number of hydrogen-bond acceptors (Lipinski definition) is 7. The highest BCUT2D eigenvalue weighted by Crippen LogP contribution is 2.33. The molecule has 0 saturated carbocycles. The summed E-state index contributed by atoms with van der Waals surface area (Å²) in [5.74, 6) is 0.0832. The van der Waals surface area contributed by atoms with Crippen molar-refractivity contribution in [2.45, 2.75) is 39.7 Å². The fourth-order valence-electron chi connectivity index (χ4n) is 4.23. The van der Waals surface area contributed by atoms with Crippen LogP contribution in [0, 0.1) is 13.8 Å². The first-order valence-corrected chi connectivity index (χ1v) is 11.5. The molecule has 0 fully saturated rings. The van der Waals surface area contributed by atoms with Crippen molar-refractivity contribution in [1.29, 1.82) is 0 Å². The molecular formula is C26H29N3O6. The number of nitrogens with zero attached hydrogens (tertiary/aromatic N) is 3. The molecule has 2 aliphatic heterocycles. The van der Waals surface area contributed by atoms with Gasteiger partial charge in [-0.15, -0.1) is 0 Å². The maximum Gasteiger partial charge on any atom is 0.355 e. The van der Waals surface area contributed by atoms with Gasteiger partial charge in [0.25, 0.3) is 5.91 Å². The largest absolute Gasteiger partial charge is 0.493 e. The van der Waals surface area contributed by atoms with Gasteiger partial charge in [0.15, 0.2) is 18.1 Å². The quantitative estimate of drug-likeness (QED) is 0.591. The second-order valence-corrected chi connectivity index (χ2v) is 8.66. The standard InChI is InChI=1S/C26H29N3O6/c1-16-5-6-17(2)21(11-16)29-24(30)8-7-20(27-29)26(32)35-15-25(31)28-10-9-18-12-22(33-3)23(34-4)13-19(18)14-28/h5-6,11-13H,7-10,14-15H2,1-4H3. The fraction of sp³-hybridized carbons (Fsp3) is 0.385. The molecule has 2 amide bonds. The summed E-state index contributed by atoms with van der Waals surface area (Å²) in [5, 5.41) is 5.52. The number of ether oxygens (including phenoxy) is 3. The smallest absolute Gasteiger partial charge is 0.355 e. The van der Waals surface area contributed by atoms with Crippen molar-refractivity contribution in [1.82, 2.24) is 4.90 Å². The predicted molar refractivity (Wildman–Crippen MR) is 130 cm³/mol. The lowest BCUT2D eigenvalue weighted by atomic mass is 9.99. The molecule has 9 nitrogen and oxygen atoms in total. The third-order valence-corrected chi connectivity index (χ3v) is 6.26. The van der Waals surface area contributed by atoms with E-state index in [-0.39, 0.29) is 30.4 Å². The summed E-state index contributed by atoms with van der Waals surface area (Å²) in [4.78, 5) is 39.6. The maximum atomic E-state index is 12.8. The van der Waals surface area contributed by atoms with Crippen LogP contribution in [0.1, 0.15) is 35.1 Å². The Kier molecular flexibility index (Phi) is 7.04. The van der Waals surface area contributed by atoms with Gasteiger partial charge in [-0.1, -0.05) is 12.1 Å². The molecule has 2 heterocycles. The van der Waals surface area contributed by atoms with Crippen LogP contribution in [0.5, 0.6) is 11.5 Å². The van der Waals surface area contributed by atoms with Crippen LogP contribution >= 0.6 is 0 Å². The number of anilines is 1. The zero-order valence-electron chi connectivity index (χ0n) is 20.4. The van der Waals surface area contributed by atoms with Gasteiger partial charge in [-0.25, -0.2) is 4.79 Å². The van der Waals surface area contributed by atoms with Gasteiger partial charge in [0.1, 0.15) is 5.71 Å². The van der Waals surface area contributed by atoms with Gasteiger partial charge in [0, 0.05) is 25.9 Å². The Bertz CT molecular complexity index is 1210. The van der Waals surface area contributed by atoms with E-state index < -0.39 is 12.6 Å². The fourth-order valence-corrected chi connectivity index (χ4v) is 4.23. The molecule has 4 rings (SSSR count). The Morgan fingerprint density at radius 3 is 2.40 bits per heavy atom. The van der Waals surface area contributed by atoms with E-state index in [9.17, 15) is 14.4 Å². The van der Waals surface area contributed by atoms with E-state index in [4.69, 9.17) is 14.2 Å². The highest BCUT2D eigenvalue weighted by Gasteiger charge is 2.29. The Morgan fingerprint density at radius 2 is 1.69 bits per heavy atom. The second kappa shape index (κ2) is 10.2. The molecule has 0 bridgehead atoms. The Labute approximate surface area is 204 Å². The first-order valence-electron chi connectivity index (χ1n) is 11.5. The molecule has 9 heteroatoms. The number of carbonyl (C=O) groups is 3. The average Bonchev–Trinajstić information content (AvgIpc) is 2.87. The van der Waals surface area contributed by atoms with Gasteiger partial charge >= 0.3 is 5.97 Å². The van der Waals surface area contributed by atoms with Gasteiger partial charge in [0.2, 0.25) is 5.91 Å². The van der Waals surface area contributed by atoms with Crippen LogP contribution in [0.25, 0.3) is 0 Å². The van der Waals surface area contributed by atoms with Crippen molar-refractivity contribution in [2.24, 2.45) is 5.10 Å². The lowest BCUT2D eigenvalue weighted by Gasteiger charge is -2.29. The molecule has 2 aromatic rings. The summed E-state index contributed by atoms with van der Waals surface area (Å²) < 4.78 is 16.0. The first kappa shape index (κ1) is 24.3. The van der Waals surface area contributed by atoms with Gasteiger partial charge in [-0.2, -0.15) is 10.1 Å². The van der Waals surface area contributed by atoms with Crippen molar-refractivity contribution in [3.8, 4) is 11.5 Å². The first-order chi connectivity index (χ1) is 16.8. The molecule has 2 aromatic carbocycles. The van der Waals surface area contributed by atoms with Gasteiger partial charge in [-0.05, 0) is 60.7 Å². The minimum atomic E-state index is -0.690. The predicted octanol–water partition coefficient (Wildman–Crippen LogP) is 2.93. The van der Waals surface area contributed by atoms with Crippen LogP contribution in [-0.2, 0) is 32.1 Å². The van der Waals surface area contributed by atoms with Crippen molar-refractivity contribution >= 4 is 29.2 Å². The number of fused-ring (bicyclic) bond motifs is 1. The molecule has 0 unspecified atom stereocenters. The van der Waals surface area contributed by atoms with Crippen LogP contribution < -0.4 is 14.5 Å². The number of benzene rings is 2.